The molecule has 0 saturated carbocycles. The number of anilines is 1. The van der Waals surface area contributed by atoms with Crippen molar-refractivity contribution < 1.29 is 9.59 Å². The Hall–Kier alpha value is -2.62. The standard InChI is InChI=1S/C21H24N2O2/c1-15-7-6-8-16(2)19(15)22-20(24)17-11-13-23(14-12-17)21(25)18-9-4-3-5-10-18/h3-10,17H,11-14H2,1-2H3,(H,22,24). The van der Waals surface area contributed by atoms with E-state index in [9.17, 15) is 9.59 Å². The van der Waals surface area contributed by atoms with Gasteiger partial charge in [-0.05, 0) is 49.9 Å². The third kappa shape index (κ3) is 3.90. The first-order chi connectivity index (χ1) is 12.1. The number of hydrogen-bond acceptors (Lipinski definition) is 2. The summed E-state index contributed by atoms with van der Waals surface area (Å²) in [5.74, 6) is 0.0669. The molecule has 4 heteroatoms. The number of amides is 2. The van der Waals surface area contributed by atoms with E-state index in [1.165, 1.54) is 0 Å². The van der Waals surface area contributed by atoms with Gasteiger partial charge in [-0.25, -0.2) is 0 Å². The summed E-state index contributed by atoms with van der Waals surface area (Å²) in [5, 5.41) is 3.08. The quantitative estimate of drug-likeness (QED) is 0.927. The van der Waals surface area contributed by atoms with E-state index >= 15 is 0 Å². The van der Waals surface area contributed by atoms with Gasteiger partial charge in [-0.3, -0.25) is 9.59 Å². The summed E-state index contributed by atoms with van der Waals surface area (Å²) in [7, 11) is 0. The van der Waals surface area contributed by atoms with Crippen LogP contribution in [0.1, 0.15) is 34.3 Å². The lowest BCUT2D eigenvalue weighted by molar-refractivity contribution is -0.121. The number of hydrogen-bond donors (Lipinski definition) is 1. The van der Waals surface area contributed by atoms with Crippen LogP contribution in [0, 0.1) is 19.8 Å². The van der Waals surface area contributed by atoms with E-state index in [0.29, 0.717) is 31.5 Å². The number of para-hydroxylation sites is 1. The van der Waals surface area contributed by atoms with E-state index in [2.05, 4.69) is 5.32 Å². The Morgan fingerprint density at radius 2 is 1.52 bits per heavy atom. The molecule has 2 amide bonds. The molecule has 1 N–H and O–H groups in total. The third-order valence-electron chi connectivity index (χ3n) is 4.90. The van der Waals surface area contributed by atoms with E-state index in [-0.39, 0.29) is 17.7 Å². The number of likely N-dealkylation sites (tertiary alicyclic amines) is 1. The zero-order valence-electron chi connectivity index (χ0n) is 14.8. The van der Waals surface area contributed by atoms with Crippen molar-refractivity contribution in [1.29, 1.82) is 0 Å². The first-order valence-electron chi connectivity index (χ1n) is 8.77. The maximum absolute atomic E-state index is 12.6. The molecule has 0 aromatic heterocycles. The van der Waals surface area contributed by atoms with Crippen LogP contribution in [-0.2, 0) is 4.79 Å². The predicted octanol–water partition coefficient (Wildman–Crippen LogP) is 3.79. The normalized spacial score (nSPS) is 15.0. The summed E-state index contributed by atoms with van der Waals surface area (Å²) >= 11 is 0. The molecule has 0 spiro atoms. The molecule has 1 aliphatic rings. The molecule has 0 unspecified atom stereocenters. The minimum Gasteiger partial charge on any atom is -0.339 e. The van der Waals surface area contributed by atoms with Crippen LogP contribution < -0.4 is 5.32 Å². The minimum atomic E-state index is -0.0428. The molecule has 0 aliphatic carbocycles. The fourth-order valence-corrected chi connectivity index (χ4v) is 3.34. The van der Waals surface area contributed by atoms with Crippen LogP contribution in [0.2, 0.25) is 0 Å². The molecule has 2 aromatic rings. The largest absolute Gasteiger partial charge is 0.339 e. The monoisotopic (exact) mass is 336 g/mol. The number of nitrogens with one attached hydrogen (secondary N) is 1. The van der Waals surface area contributed by atoms with Gasteiger partial charge in [0.05, 0.1) is 0 Å². The maximum atomic E-state index is 12.6. The van der Waals surface area contributed by atoms with Gasteiger partial charge in [0.2, 0.25) is 5.91 Å². The minimum absolute atomic E-state index is 0.0428. The lowest BCUT2D eigenvalue weighted by Crippen LogP contribution is -2.41. The zero-order chi connectivity index (χ0) is 17.8. The SMILES string of the molecule is Cc1cccc(C)c1NC(=O)C1CCN(C(=O)c2ccccc2)CC1. The lowest BCUT2D eigenvalue weighted by atomic mass is 9.95. The van der Waals surface area contributed by atoms with Crippen molar-refractivity contribution in [2.24, 2.45) is 5.92 Å². The van der Waals surface area contributed by atoms with Gasteiger partial charge in [0.25, 0.3) is 5.91 Å². The highest BCUT2D eigenvalue weighted by Gasteiger charge is 2.28. The van der Waals surface area contributed by atoms with Crippen LogP contribution in [0.3, 0.4) is 0 Å². The van der Waals surface area contributed by atoms with Crippen LogP contribution in [0.25, 0.3) is 0 Å². The molecule has 1 fully saturated rings. The number of aryl methyl sites for hydroxylation is 2. The summed E-state index contributed by atoms with van der Waals surface area (Å²) in [4.78, 5) is 26.9. The fourth-order valence-electron chi connectivity index (χ4n) is 3.34. The summed E-state index contributed by atoms with van der Waals surface area (Å²) in [5.41, 5.74) is 3.77. The van der Waals surface area contributed by atoms with E-state index in [1.807, 2.05) is 67.3 Å². The van der Waals surface area contributed by atoms with Crippen molar-refractivity contribution in [3.8, 4) is 0 Å². The summed E-state index contributed by atoms with van der Waals surface area (Å²) in [6.07, 6.45) is 1.41. The smallest absolute Gasteiger partial charge is 0.253 e. The highest BCUT2D eigenvalue weighted by molar-refractivity contribution is 5.96. The zero-order valence-corrected chi connectivity index (χ0v) is 14.8. The van der Waals surface area contributed by atoms with Crippen molar-refractivity contribution in [2.75, 3.05) is 18.4 Å². The summed E-state index contributed by atoms with van der Waals surface area (Å²) < 4.78 is 0. The van der Waals surface area contributed by atoms with Crippen LogP contribution >= 0.6 is 0 Å². The second kappa shape index (κ2) is 7.51. The Bertz CT molecular complexity index is 742. The molecule has 1 saturated heterocycles. The molecule has 4 nitrogen and oxygen atoms in total. The molecule has 0 radical (unpaired) electrons. The van der Waals surface area contributed by atoms with Gasteiger partial charge in [-0.15, -0.1) is 0 Å². The van der Waals surface area contributed by atoms with Crippen LogP contribution in [-0.4, -0.2) is 29.8 Å². The number of carbonyl (C=O) groups excluding carboxylic acids is 2. The molecule has 3 rings (SSSR count). The third-order valence-corrected chi connectivity index (χ3v) is 4.90. The molecule has 0 atom stereocenters. The molecule has 0 bridgehead atoms. The van der Waals surface area contributed by atoms with Gasteiger partial charge in [-0.1, -0.05) is 36.4 Å². The highest BCUT2D eigenvalue weighted by atomic mass is 16.2. The average Bonchev–Trinajstić information content (AvgIpc) is 2.65. The fraction of sp³-hybridized carbons (Fsp3) is 0.333. The van der Waals surface area contributed by atoms with Crippen molar-refractivity contribution in [3.05, 3.63) is 65.2 Å². The Balaban J connectivity index is 1.59. The van der Waals surface area contributed by atoms with Gasteiger partial charge in [0, 0.05) is 30.3 Å². The Kier molecular flexibility index (Phi) is 5.17. The first kappa shape index (κ1) is 17.2. The number of benzene rings is 2. The van der Waals surface area contributed by atoms with Crippen LogP contribution in [0.5, 0.6) is 0 Å². The summed E-state index contributed by atoms with van der Waals surface area (Å²) in [6, 6.07) is 15.3. The second-order valence-electron chi connectivity index (χ2n) is 6.69. The second-order valence-corrected chi connectivity index (χ2v) is 6.69. The molecular weight excluding hydrogens is 312 g/mol. The molecule has 25 heavy (non-hydrogen) atoms. The van der Waals surface area contributed by atoms with Crippen molar-refractivity contribution in [3.63, 3.8) is 0 Å². The van der Waals surface area contributed by atoms with E-state index in [1.54, 1.807) is 0 Å². The van der Waals surface area contributed by atoms with Gasteiger partial charge < -0.3 is 10.2 Å². The molecule has 2 aromatic carbocycles. The lowest BCUT2D eigenvalue weighted by Gasteiger charge is -2.31. The van der Waals surface area contributed by atoms with E-state index in [0.717, 1.165) is 16.8 Å². The van der Waals surface area contributed by atoms with Crippen molar-refractivity contribution in [2.45, 2.75) is 26.7 Å². The van der Waals surface area contributed by atoms with Crippen LogP contribution in [0.4, 0.5) is 5.69 Å². The molecular formula is C21H24N2O2. The Labute approximate surface area is 148 Å². The first-order valence-corrected chi connectivity index (χ1v) is 8.77. The topological polar surface area (TPSA) is 49.4 Å². The number of nitrogens with zero attached hydrogens (tertiary/aromatic N) is 1. The Morgan fingerprint density at radius 1 is 0.920 bits per heavy atom. The molecule has 130 valence electrons. The molecule has 1 aliphatic heterocycles. The highest BCUT2D eigenvalue weighted by Crippen LogP contribution is 2.24. The summed E-state index contributed by atoms with van der Waals surface area (Å²) in [6.45, 7) is 5.25. The van der Waals surface area contributed by atoms with Crippen molar-refractivity contribution in [1.82, 2.24) is 4.90 Å². The van der Waals surface area contributed by atoms with Gasteiger partial charge in [0.1, 0.15) is 0 Å². The van der Waals surface area contributed by atoms with E-state index < -0.39 is 0 Å². The van der Waals surface area contributed by atoms with Crippen molar-refractivity contribution >= 4 is 17.5 Å². The number of rotatable bonds is 3. The predicted molar refractivity (Wildman–Crippen MR) is 99.6 cm³/mol. The average molecular weight is 336 g/mol. The van der Waals surface area contributed by atoms with Gasteiger partial charge in [-0.2, -0.15) is 0 Å². The maximum Gasteiger partial charge on any atom is 0.253 e. The molecule has 1 heterocycles. The number of carbonyl (C=O) groups is 2. The van der Waals surface area contributed by atoms with Gasteiger partial charge in [0.15, 0.2) is 0 Å². The number of piperidine rings is 1. The van der Waals surface area contributed by atoms with Gasteiger partial charge >= 0.3 is 0 Å². The Morgan fingerprint density at radius 3 is 2.12 bits per heavy atom. The van der Waals surface area contributed by atoms with Crippen LogP contribution in [0.15, 0.2) is 48.5 Å². The van der Waals surface area contributed by atoms with E-state index in [4.69, 9.17) is 0 Å².